The van der Waals surface area contributed by atoms with Crippen LogP contribution in [0.15, 0.2) is 54.4 Å². The van der Waals surface area contributed by atoms with Crippen molar-refractivity contribution in [2.45, 2.75) is 32.2 Å². The topological polar surface area (TPSA) is 85.5 Å². The summed E-state index contributed by atoms with van der Waals surface area (Å²) in [6.45, 7) is 1.94. The largest absolute Gasteiger partial charge is 0.385 e. The zero-order valence-electron chi connectivity index (χ0n) is 16.2. The molecule has 2 fully saturated rings. The molecule has 2 N–H and O–H groups in total. The van der Waals surface area contributed by atoms with E-state index in [-0.39, 0.29) is 0 Å². The van der Waals surface area contributed by atoms with Gasteiger partial charge >= 0.3 is 0 Å². The van der Waals surface area contributed by atoms with Crippen molar-refractivity contribution in [1.29, 1.82) is 10.7 Å². The number of rotatable bonds is 3. The first kappa shape index (κ1) is 17.6. The molecule has 5 rings (SSSR count). The van der Waals surface area contributed by atoms with Gasteiger partial charge in [0, 0.05) is 40.5 Å². The maximum Gasteiger partial charge on any atom is 0.0991 e. The highest BCUT2D eigenvalue weighted by Crippen LogP contribution is 2.42. The second-order valence-electron chi connectivity index (χ2n) is 7.88. The molecule has 1 saturated heterocycles. The highest BCUT2D eigenvalue weighted by Gasteiger charge is 2.38. The number of allylic oxidation sites excluding steroid dienone is 2. The van der Waals surface area contributed by atoms with Crippen LogP contribution in [0.4, 0.5) is 0 Å². The van der Waals surface area contributed by atoms with Crippen LogP contribution in [0.25, 0.3) is 16.5 Å². The van der Waals surface area contributed by atoms with E-state index in [0.717, 1.165) is 46.3 Å². The lowest BCUT2D eigenvalue weighted by atomic mass is 9.89. The Labute approximate surface area is 169 Å². The van der Waals surface area contributed by atoms with Crippen LogP contribution in [0.3, 0.4) is 0 Å². The van der Waals surface area contributed by atoms with E-state index in [2.05, 4.69) is 21.4 Å². The molecular weight excluding hydrogens is 358 g/mol. The molecule has 2 bridgehead atoms. The SMILES string of the molecule is Cc1cccc(C(=N)/C(=C2\NC3CCC2C3)c2ccnc3ccc(C#N)cc23)n1. The third-order valence-corrected chi connectivity index (χ3v) is 6.00. The van der Waals surface area contributed by atoms with E-state index in [1.807, 2.05) is 43.3 Å². The van der Waals surface area contributed by atoms with Gasteiger partial charge in [-0.25, -0.2) is 0 Å². The first-order valence-electron chi connectivity index (χ1n) is 9.97. The third-order valence-electron chi connectivity index (χ3n) is 6.00. The van der Waals surface area contributed by atoms with Gasteiger partial charge in [0.25, 0.3) is 0 Å². The maximum absolute atomic E-state index is 9.39. The number of aryl methyl sites for hydroxylation is 1. The summed E-state index contributed by atoms with van der Waals surface area (Å²) in [5, 5.41) is 23.1. The van der Waals surface area contributed by atoms with E-state index in [4.69, 9.17) is 5.41 Å². The molecule has 2 aliphatic rings. The lowest BCUT2D eigenvalue weighted by Crippen LogP contribution is -2.25. The van der Waals surface area contributed by atoms with Crippen LogP contribution >= 0.6 is 0 Å². The summed E-state index contributed by atoms with van der Waals surface area (Å²) in [4.78, 5) is 9.09. The van der Waals surface area contributed by atoms with Crippen LogP contribution in [0.5, 0.6) is 0 Å². The molecule has 2 atom stereocenters. The Balaban J connectivity index is 1.76. The molecule has 5 nitrogen and oxygen atoms in total. The molecule has 5 heteroatoms. The highest BCUT2D eigenvalue weighted by molar-refractivity contribution is 6.32. The number of nitrogens with one attached hydrogen (secondary N) is 2. The van der Waals surface area contributed by atoms with Crippen LogP contribution < -0.4 is 5.32 Å². The van der Waals surface area contributed by atoms with E-state index in [9.17, 15) is 5.26 Å². The van der Waals surface area contributed by atoms with E-state index < -0.39 is 0 Å². The van der Waals surface area contributed by atoms with Gasteiger partial charge in [0.15, 0.2) is 0 Å². The Hall–Kier alpha value is -3.52. The number of aromatic nitrogens is 2. The van der Waals surface area contributed by atoms with Crippen LogP contribution in [-0.4, -0.2) is 21.7 Å². The summed E-state index contributed by atoms with van der Waals surface area (Å²) in [5.41, 5.74) is 6.36. The number of nitriles is 1. The van der Waals surface area contributed by atoms with Gasteiger partial charge in [-0.05, 0) is 68.1 Å². The molecule has 142 valence electrons. The molecule has 0 amide bonds. The second-order valence-corrected chi connectivity index (χ2v) is 7.88. The predicted molar refractivity (Wildman–Crippen MR) is 113 cm³/mol. The number of fused-ring (bicyclic) bond motifs is 3. The lowest BCUT2D eigenvalue weighted by Gasteiger charge is -2.22. The molecule has 1 saturated carbocycles. The van der Waals surface area contributed by atoms with Gasteiger partial charge in [-0.15, -0.1) is 0 Å². The zero-order chi connectivity index (χ0) is 20.0. The van der Waals surface area contributed by atoms with E-state index in [1.54, 1.807) is 12.3 Å². The summed E-state index contributed by atoms with van der Waals surface area (Å²) >= 11 is 0. The fourth-order valence-corrected chi connectivity index (χ4v) is 4.65. The van der Waals surface area contributed by atoms with Crippen LogP contribution in [0, 0.1) is 29.6 Å². The molecule has 1 aliphatic heterocycles. The van der Waals surface area contributed by atoms with Crippen LogP contribution in [0.1, 0.15) is 41.8 Å². The number of nitrogens with zero attached hydrogens (tertiary/aromatic N) is 3. The average Bonchev–Trinajstić information content (AvgIpc) is 3.37. The Morgan fingerprint density at radius 3 is 2.83 bits per heavy atom. The van der Waals surface area contributed by atoms with E-state index in [0.29, 0.717) is 28.9 Å². The first-order chi connectivity index (χ1) is 14.1. The van der Waals surface area contributed by atoms with E-state index >= 15 is 0 Å². The van der Waals surface area contributed by atoms with Crippen molar-refractivity contribution < 1.29 is 0 Å². The van der Waals surface area contributed by atoms with Gasteiger partial charge in [0.05, 0.1) is 28.6 Å². The van der Waals surface area contributed by atoms with Gasteiger partial charge in [0.2, 0.25) is 0 Å². The molecule has 3 heterocycles. The monoisotopic (exact) mass is 379 g/mol. The van der Waals surface area contributed by atoms with Crippen LogP contribution in [-0.2, 0) is 0 Å². The van der Waals surface area contributed by atoms with Gasteiger partial charge < -0.3 is 5.32 Å². The number of benzene rings is 1. The fourth-order valence-electron chi connectivity index (χ4n) is 4.65. The maximum atomic E-state index is 9.39. The van der Waals surface area contributed by atoms with Gasteiger partial charge in [0.1, 0.15) is 0 Å². The number of piperidine rings is 1. The van der Waals surface area contributed by atoms with E-state index in [1.165, 1.54) is 6.42 Å². The number of pyridine rings is 2. The minimum atomic E-state index is 0.415. The van der Waals surface area contributed by atoms with Gasteiger partial charge in [-0.1, -0.05) is 6.07 Å². The van der Waals surface area contributed by atoms with Gasteiger partial charge in [-0.2, -0.15) is 5.26 Å². The second kappa shape index (κ2) is 6.82. The summed E-state index contributed by atoms with van der Waals surface area (Å²) < 4.78 is 0. The molecule has 29 heavy (non-hydrogen) atoms. The van der Waals surface area contributed by atoms with Crippen molar-refractivity contribution in [3.05, 3.63) is 76.9 Å². The van der Waals surface area contributed by atoms with Crippen molar-refractivity contribution in [3.8, 4) is 6.07 Å². The Morgan fingerprint density at radius 2 is 2.10 bits per heavy atom. The summed E-state index contributed by atoms with van der Waals surface area (Å²) in [6, 6.07) is 16.0. The molecule has 1 aromatic carbocycles. The quantitative estimate of drug-likeness (QED) is 0.662. The van der Waals surface area contributed by atoms with Crippen molar-refractivity contribution in [3.63, 3.8) is 0 Å². The molecule has 0 spiro atoms. The summed E-state index contributed by atoms with van der Waals surface area (Å²) in [5.74, 6) is 0.447. The van der Waals surface area contributed by atoms with Crippen molar-refractivity contribution in [1.82, 2.24) is 15.3 Å². The molecule has 3 aromatic rings. The third kappa shape index (κ3) is 2.98. The zero-order valence-corrected chi connectivity index (χ0v) is 16.2. The smallest absolute Gasteiger partial charge is 0.0991 e. The van der Waals surface area contributed by atoms with Gasteiger partial charge in [-0.3, -0.25) is 15.4 Å². The van der Waals surface area contributed by atoms with Crippen molar-refractivity contribution >= 4 is 22.2 Å². The normalized spacial score (nSPS) is 21.7. The summed E-state index contributed by atoms with van der Waals surface area (Å²) in [7, 11) is 0. The minimum absolute atomic E-state index is 0.415. The molecule has 2 aromatic heterocycles. The minimum Gasteiger partial charge on any atom is -0.385 e. The van der Waals surface area contributed by atoms with Crippen molar-refractivity contribution in [2.75, 3.05) is 0 Å². The van der Waals surface area contributed by atoms with Crippen molar-refractivity contribution in [2.24, 2.45) is 5.92 Å². The summed E-state index contributed by atoms with van der Waals surface area (Å²) in [6.07, 6.45) is 5.25. The average molecular weight is 379 g/mol. The Kier molecular flexibility index (Phi) is 4.13. The molecule has 2 unspecified atom stereocenters. The first-order valence-corrected chi connectivity index (χ1v) is 9.97. The lowest BCUT2D eigenvalue weighted by molar-refractivity contribution is 0.576. The standard InChI is InChI=1S/C24H21N5/c1-14-3-2-4-21(28-14)23(26)22(24-16-6-7-17(12-16)29-24)18-9-10-27-20-8-5-15(13-25)11-19(18)20/h2-5,8-11,16-17,26,29H,6-7,12H2,1H3/b24-22-,26-23?. The number of hydrogen-bond acceptors (Lipinski definition) is 5. The highest BCUT2D eigenvalue weighted by atomic mass is 15.0. The Bertz CT molecular complexity index is 1220. The predicted octanol–water partition coefficient (Wildman–Crippen LogP) is 4.36. The molecule has 0 radical (unpaired) electrons. The van der Waals surface area contributed by atoms with Crippen LogP contribution in [0.2, 0.25) is 0 Å². The molecule has 1 aliphatic carbocycles. The number of hydrogen-bond donors (Lipinski definition) is 2. The fraction of sp³-hybridized carbons (Fsp3) is 0.250. The Morgan fingerprint density at radius 1 is 1.21 bits per heavy atom. The molecular formula is C24H21N5.